The number of aromatic nitrogens is 1. The highest BCUT2D eigenvalue weighted by Gasteiger charge is 2.04. The van der Waals surface area contributed by atoms with Gasteiger partial charge in [0, 0.05) is 11.9 Å². The van der Waals surface area contributed by atoms with Crippen LogP contribution in [0.4, 0.5) is 4.39 Å². The first-order valence-corrected chi connectivity index (χ1v) is 5.32. The van der Waals surface area contributed by atoms with E-state index >= 15 is 0 Å². The molecule has 0 saturated carbocycles. The fourth-order valence-electron chi connectivity index (χ4n) is 1.80. The third kappa shape index (κ3) is 2.27. The summed E-state index contributed by atoms with van der Waals surface area (Å²) in [6.45, 7) is 4.08. The van der Waals surface area contributed by atoms with Crippen LogP contribution >= 0.6 is 0 Å². The van der Waals surface area contributed by atoms with Gasteiger partial charge in [0.1, 0.15) is 5.82 Å². The molecule has 0 amide bonds. The summed E-state index contributed by atoms with van der Waals surface area (Å²) in [6.07, 6.45) is 2.63. The largest absolute Gasteiger partial charge is 0.261 e. The molecule has 1 heterocycles. The second kappa shape index (κ2) is 4.44. The van der Waals surface area contributed by atoms with Gasteiger partial charge in [-0.3, -0.25) is 4.98 Å². The van der Waals surface area contributed by atoms with Gasteiger partial charge < -0.3 is 0 Å². The van der Waals surface area contributed by atoms with Crippen molar-refractivity contribution >= 4 is 0 Å². The molecule has 1 aromatic heterocycles. The molecule has 2 heteroatoms. The van der Waals surface area contributed by atoms with E-state index in [4.69, 9.17) is 0 Å². The predicted molar refractivity (Wildman–Crippen MR) is 62.9 cm³/mol. The quantitative estimate of drug-likeness (QED) is 0.748. The molecule has 0 radical (unpaired) electrons. The van der Waals surface area contributed by atoms with E-state index in [0.717, 1.165) is 17.7 Å². The van der Waals surface area contributed by atoms with Gasteiger partial charge in [0.05, 0.1) is 0 Å². The molecule has 1 aromatic carbocycles. The Morgan fingerprint density at radius 3 is 2.38 bits per heavy atom. The highest BCUT2D eigenvalue weighted by Crippen LogP contribution is 2.16. The van der Waals surface area contributed by atoms with E-state index in [9.17, 15) is 4.39 Å². The van der Waals surface area contributed by atoms with Crippen molar-refractivity contribution in [3.8, 4) is 0 Å². The number of hydrogen-bond acceptors (Lipinski definition) is 1. The number of aryl methyl sites for hydroxylation is 2. The average molecular weight is 215 g/mol. The summed E-state index contributed by atoms with van der Waals surface area (Å²) in [7, 11) is 0. The molecule has 2 aromatic rings. The van der Waals surface area contributed by atoms with Gasteiger partial charge in [-0.05, 0) is 55.2 Å². The molecule has 2 rings (SSSR count). The van der Waals surface area contributed by atoms with E-state index in [-0.39, 0.29) is 5.82 Å². The number of halogens is 1. The van der Waals surface area contributed by atoms with Crippen molar-refractivity contribution in [1.82, 2.24) is 4.98 Å². The molecule has 0 aliphatic rings. The van der Waals surface area contributed by atoms with Crippen molar-refractivity contribution in [3.63, 3.8) is 0 Å². The van der Waals surface area contributed by atoms with E-state index in [1.165, 1.54) is 23.3 Å². The van der Waals surface area contributed by atoms with Gasteiger partial charge in [0.15, 0.2) is 0 Å². The SMILES string of the molecule is Cc1ccnc(C)c1Cc1ccc(F)cc1. The fourth-order valence-corrected chi connectivity index (χ4v) is 1.80. The third-order valence-electron chi connectivity index (χ3n) is 2.80. The van der Waals surface area contributed by atoms with Gasteiger partial charge in [-0.15, -0.1) is 0 Å². The molecule has 0 unspecified atom stereocenters. The van der Waals surface area contributed by atoms with Crippen molar-refractivity contribution in [2.45, 2.75) is 20.3 Å². The molecular formula is C14H14FN. The third-order valence-corrected chi connectivity index (χ3v) is 2.80. The molecule has 1 nitrogen and oxygen atoms in total. The van der Waals surface area contributed by atoms with E-state index in [1.54, 1.807) is 0 Å². The second-order valence-corrected chi connectivity index (χ2v) is 4.00. The van der Waals surface area contributed by atoms with Gasteiger partial charge in [0.25, 0.3) is 0 Å². The molecule has 0 bridgehead atoms. The Morgan fingerprint density at radius 1 is 1.06 bits per heavy atom. The first-order valence-electron chi connectivity index (χ1n) is 5.32. The monoisotopic (exact) mass is 215 g/mol. The molecule has 0 spiro atoms. The zero-order valence-electron chi connectivity index (χ0n) is 9.50. The van der Waals surface area contributed by atoms with Crippen LogP contribution in [0.25, 0.3) is 0 Å². The van der Waals surface area contributed by atoms with Gasteiger partial charge in [-0.1, -0.05) is 12.1 Å². The van der Waals surface area contributed by atoms with Crippen LogP contribution in [-0.2, 0) is 6.42 Å². The first-order chi connectivity index (χ1) is 7.66. The predicted octanol–water partition coefficient (Wildman–Crippen LogP) is 3.43. The summed E-state index contributed by atoms with van der Waals surface area (Å²) in [4.78, 5) is 4.28. The molecule has 16 heavy (non-hydrogen) atoms. The summed E-state index contributed by atoms with van der Waals surface area (Å²) in [5.74, 6) is -0.191. The highest BCUT2D eigenvalue weighted by molar-refractivity contribution is 5.33. The Bertz CT molecular complexity index is 468. The van der Waals surface area contributed by atoms with Crippen LogP contribution < -0.4 is 0 Å². The molecule has 0 N–H and O–H groups in total. The van der Waals surface area contributed by atoms with Crippen LogP contribution in [0, 0.1) is 19.7 Å². The Labute approximate surface area is 95.0 Å². The van der Waals surface area contributed by atoms with E-state index in [1.807, 2.05) is 31.3 Å². The fraction of sp³-hybridized carbons (Fsp3) is 0.214. The van der Waals surface area contributed by atoms with Crippen molar-refractivity contribution in [2.24, 2.45) is 0 Å². The van der Waals surface area contributed by atoms with Crippen LogP contribution in [0.2, 0.25) is 0 Å². The lowest BCUT2D eigenvalue weighted by Gasteiger charge is -2.08. The normalized spacial score (nSPS) is 10.4. The minimum atomic E-state index is -0.191. The first kappa shape index (κ1) is 10.8. The van der Waals surface area contributed by atoms with Crippen molar-refractivity contribution in [1.29, 1.82) is 0 Å². The molecule has 0 aliphatic heterocycles. The average Bonchev–Trinajstić information content (AvgIpc) is 2.26. The van der Waals surface area contributed by atoms with E-state index in [2.05, 4.69) is 11.9 Å². The van der Waals surface area contributed by atoms with Crippen LogP contribution in [0.1, 0.15) is 22.4 Å². The van der Waals surface area contributed by atoms with Crippen LogP contribution in [0.15, 0.2) is 36.5 Å². The highest BCUT2D eigenvalue weighted by atomic mass is 19.1. The topological polar surface area (TPSA) is 12.9 Å². The number of hydrogen-bond donors (Lipinski definition) is 0. The van der Waals surface area contributed by atoms with Crippen LogP contribution in [-0.4, -0.2) is 4.98 Å². The van der Waals surface area contributed by atoms with Crippen LogP contribution in [0.3, 0.4) is 0 Å². The lowest BCUT2D eigenvalue weighted by molar-refractivity contribution is 0.627. The maximum Gasteiger partial charge on any atom is 0.123 e. The van der Waals surface area contributed by atoms with Crippen molar-refractivity contribution in [3.05, 3.63) is 64.7 Å². The second-order valence-electron chi connectivity index (χ2n) is 4.00. The van der Waals surface area contributed by atoms with E-state index < -0.39 is 0 Å². The van der Waals surface area contributed by atoms with Gasteiger partial charge >= 0.3 is 0 Å². The summed E-state index contributed by atoms with van der Waals surface area (Å²) < 4.78 is 12.8. The van der Waals surface area contributed by atoms with Crippen molar-refractivity contribution < 1.29 is 4.39 Å². The molecule has 0 fully saturated rings. The number of benzene rings is 1. The maximum absolute atomic E-state index is 12.8. The standard InChI is InChI=1S/C14H14FN/c1-10-7-8-16-11(2)14(10)9-12-3-5-13(15)6-4-12/h3-8H,9H2,1-2H3. The number of pyridine rings is 1. The minimum Gasteiger partial charge on any atom is -0.261 e. The van der Waals surface area contributed by atoms with Gasteiger partial charge in [-0.25, -0.2) is 4.39 Å². The van der Waals surface area contributed by atoms with Gasteiger partial charge in [-0.2, -0.15) is 0 Å². The minimum absolute atomic E-state index is 0.191. The summed E-state index contributed by atoms with van der Waals surface area (Å²) in [5, 5.41) is 0. The van der Waals surface area contributed by atoms with Crippen molar-refractivity contribution in [2.75, 3.05) is 0 Å². The van der Waals surface area contributed by atoms with Gasteiger partial charge in [0.2, 0.25) is 0 Å². The molecule has 0 aliphatic carbocycles. The Hall–Kier alpha value is -1.70. The number of nitrogens with zero attached hydrogens (tertiary/aromatic N) is 1. The maximum atomic E-state index is 12.8. The lowest BCUT2D eigenvalue weighted by Crippen LogP contribution is -1.97. The Kier molecular flexibility index (Phi) is 3.00. The summed E-state index contributed by atoms with van der Waals surface area (Å²) in [6, 6.07) is 8.64. The van der Waals surface area contributed by atoms with Crippen LogP contribution in [0.5, 0.6) is 0 Å². The molecular weight excluding hydrogens is 201 g/mol. The lowest BCUT2D eigenvalue weighted by atomic mass is 10.00. The number of rotatable bonds is 2. The molecule has 0 saturated heterocycles. The Balaban J connectivity index is 2.30. The molecule has 0 atom stereocenters. The summed E-state index contributed by atoms with van der Waals surface area (Å²) >= 11 is 0. The van der Waals surface area contributed by atoms with E-state index in [0.29, 0.717) is 0 Å². The summed E-state index contributed by atoms with van der Waals surface area (Å²) in [5.41, 5.74) is 4.62. The zero-order chi connectivity index (χ0) is 11.5. The zero-order valence-corrected chi connectivity index (χ0v) is 9.50. The Morgan fingerprint density at radius 2 is 1.75 bits per heavy atom. The smallest absolute Gasteiger partial charge is 0.123 e. The molecule has 82 valence electrons.